The summed E-state index contributed by atoms with van der Waals surface area (Å²) in [5.41, 5.74) is 0.520. The lowest BCUT2D eigenvalue weighted by Gasteiger charge is -2.06. The standard InChI is InChI=1S/C14H16O4/c1-2-17-14(16)9-5-6-10-18-13-8-4-3-7-12(13)11-15/h3-5,7-9,11H,2,6,10H2,1H3. The van der Waals surface area contributed by atoms with Crippen molar-refractivity contribution in [2.24, 2.45) is 0 Å². The van der Waals surface area contributed by atoms with Crippen LogP contribution in [0.1, 0.15) is 23.7 Å². The zero-order valence-electron chi connectivity index (χ0n) is 10.3. The van der Waals surface area contributed by atoms with E-state index in [0.29, 0.717) is 30.9 Å². The summed E-state index contributed by atoms with van der Waals surface area (Å²) in [7, 11) is 0. The molecular weight excluding hydrogens is 232 g/mol. The van der Waals surface area contributed by atoms with E-state index in [1.807, 2.05) is 0 Å². The summed E-state index contributed by atoms with van der Waals surface area (Å²) in [4.78, 5) is 21.7. The highest BCUT2D eigenvalue weighted by Gasteiger charge is 2.00. The molecular formula is C14H16O4. The molecule has 0 fully saturated rings. The third kappa shape index (κ3) is 4.82. The predicted molar refractivity (Wildman–Crippen MR) is 67.7 cm³/mol. The largest absolute Gasteiger partial charge is 0.493 e. The zero-order chi connectivity index (χ0) is 13.2. The van der Waals surface area contributed by atoms with E-state index < -0.39 is 0 Å². The van der Waals surface area contributed by atoms with E-state index in [-0.39, 0.29) is 5.97 Å². The number of rotatable bonds is 7. The minimum Gasteiger partial charge on any atom is -0.493 e. The number of benzene rings is 1. The van der Waals surface area contributed by atoms with Crippen molar-refractivity contribution in [3.63, 3.8) is 0 Å². The maximum atomic E-state index is 11.0. The Kier molecular flexibility index (Phi) is 6.25. The fraction of sp³-hybridized carbons (Fsp3) is 0.286. The summed E-state index contributed by atoms with van der Waals surface area (Å²) in [6.07, 6.45) is 4.38. The van der Waals surface area contributed by atoms with Crippen LogP contribution in [0.4, 0.5) is 0 Å². The third-order valence-corrected chi connectivity index (χ3v) is 2.13. The first-order valence-electron chi connectivity index (χ1n) is 5.78. The van der Waals surface area contributed by atoms with Crippen LogP contribution in [-0.2, 0) is 9.53 Å². The summed E-state index contributed by atoms with van der Waals surface area (Å²) in [5.74, 6) is 0.197. The van der Waals surface area contributed by atoms with Gasteiger partial charge in [-0.25, -0.2) is 4.79 Å². The Labute approximate surface area is 106 Å². The Morgan fingerprint density at radius 3 is 2.83 bits per heavy atom. The molecule has 0 aliphatic rings. The number of hydrogen-bond acceptors (Lipinski definition) is 4. The normalized spacial score (nSPS) is 10.3. The van der Waals surface area contributed by atoms with Crippen molar-refractivity contribution in [2.45, 2.75) is 13.3 Å². The Bertz CT molecular complexity index is 424. The van der Waals surface area contributed by atoms with Crippen LogP contribution in [0.2, 0.25) is 0 Å². The van der Waals surface area contributed by atoms with Gasteiger partial charge in [-0.1, -0.05) is 18.2 Å². The number of esters is 1. The number of hydrogen-bond donors (Lipinski definition) is 0. The van der Waals surface area contributed by atoms with E-state index in [1.165, 1.54) is 6.08 Å². The molecule has 0 amide bonds. The lowest BCUT2D eigenvalue weighted by Crippen LogP contribution is -2.01. The van der Waals surface area contributed by atoms with Gasteiger partial charge in [0, 0.05) is 6.08 Å². The SMILES string of the molecule is CCOC(=O)C=CCCOc1ccccc1C=O. The molecule has 4 heteroatoms. The monoisotopic (exact) mass is 248 g/mol. The minimum atomic E-state index is -0.356. The Balaban J connectivity index is 2.33. The number of carbonyl (C=O) groups is 2. The molecule has 0 N–H and O–H groups in total. The van der Waals surface area contributed by atoms with Crippen molar-refractivity contribution in [1.82, 2.24) is 0 Å². The molecule has 0 aromatic heterocycles. The second kappa shape index (κ2) is 8.06. The van der Waals surface area contributed by atoms with Gasteiger partial charge in [0.05, 0.1) is 18.8 Å². The van der Waals surface area contributed by atoms with Crippen LogP contribution < -0.4 is 4.74 Å². The van der Waals surface area contributed by atoms with Crippen LogP contribution in [0, 0.1) is 0 Å². The van der Waals surface area contributed by atoms with Gasteiger partial charge in [0.25, 0.3) is 0 Å². The van der Waals surface area contributed by atoms with Crippen LogP contribution in [0.15, 0.2) is 36.4 Å². The van der Waals surface area contributed by atoms with Crippen molar-refractivity contribution in [3.05, 3.63) is 42.0 Å². The van der Waals surface area contributed by atoms with Gasteiger partial charge in [-0.15, -0.1) is 0 Å². The summed E-state index contributed by atoms with van der Waals surface area (Å²) in [6.45, 7) is 2.53. The molecule has 4 nitrogen and oxygen atoms in total. The Hall–Kier alpha value is -2.10. The lowest BCUT2D eigenvalue weighted by molar-refractivity contribution is -0.137. The van der Waals surface area contributed by atoms with Gasteiger partial charge in [-0.3, -0.25) is 4.79 Å². The summed E-state index contributed by atoms with van der Waals surface area (Å²) in [6, 6.07) is 7.00. The van der Waals surface area contributed by atoms with Crippen LogP contribution in [0.25, 0.3) is 0 Å². The summed E-state index contributed by atoms with van der Waals surface area (Å²) < 4.78 is 10.2. The number of aldehydes is 1. The average molecular weight is 248 g/mol. The first kappa shape index (κ1) is 14.0. The Morgan fingerprint density at radius 1 is 1.33 bits per heavy atom. The van der Waals surface area contributed by atoms with Crippen LogP contribution in [0.5, 0.6) is 5.75 Å². The van der Waals surface area contributed by atoms with Crippen molar-refractivity contribution >= 4 is 12.3 Å². The number of ether oxygens (including phenoxy) is 2. The topological polar surface area (TPSA) is 52.6 Å². The zero-order valence-corrected chi connectivity index (χ0v) is 10.3. The molecule has 0 saturated heterocycles. The molecule has 0 bridgehead atoms. The molecule has 0 aliphatic heterocycles. The van der Waals surface area contributed by atoms with Crippen LogP contribution in [-0.4, -0.2) is 25.5 Å². The highest BCUT2D eigenvalue weighted by atomic mass is 16.5. The van der Waals surface area contributed by atoms with Gasteiger partial charge < -0.3 is 9.47 Å². The molecule has 0 spiro atoms. The van der Waals surface area contributed by atoms with Crippen LogP contribution in [0.3, 0.4) is 0 Å². The first-order valence-corrected chi connectivity index (χ1v) is 5.78. The van der Waals surface area contributed by atoms with E-state index in [9.17, 15) is 9.59 Å². The fourth-order valence-electron chi connectivity index (χ4n) is 1.32. The maximum absolute atomic E-state index is 11.0. The van der Waals surface area contributed by atoms with Crippen molar-refractivity contribution in [2.75, 3.05) is 13.2 Å². The third-order valence-electron chi connectivity index (χ3n) is 2.13. The van der Waals surface area contributed by atoms with E-state index >= 15 is 0 Å². The smallest absolute Gasteiger partial charge is 0.330 e. The van der Waals surface area contributed by atoms with E-state index in [2.05, 4.69) is 0 Å². The van der Waals surface area contributed by atoms with Gasteiger partial charge in [0.15, 0.2) is 6.29 Å². The molecule has 18 heavy (non-hydrogen) atoms. The van der Waals surface area contributed by atoms with Crippen molar-refractivity contribution in [1.29, 1.82) is 0 Å². The second-order valence-electron chi connectivity index (χ2n) is 3.45. The van der Waals surface area contributed by atoms with E-state index in [0.717, 1.165) is 6.29 Å². The lowest BCUT2D eigenvalue weighted by atomic mass is 10.2. The number of para-hydroxylation sites is 1. The van der Waals surface area contributed by atoms with Gasteiger partial charge in [0.1, 0.15) is 5.75 Å². The summed E-state index contributed by atoms with van der Waals surface area (Å²) >= 11 is 0. The molecule has 0 atom stereocenters. The van der Waals surface area contributed by atoms with E-state index in [1.54, 1.807) is 37.3 Å². The highest BCUT2D eigenvalue weighted by Crippen LogP contribution is 2.15. The molecule has 0 aliphatic carbocycles. The van der Waals surface area contributed by atoms with Gasteiger partial charge in [-0.05, 0) is 25.5 Å². The molecule has 0 heterocycles. The quantitative estimate of drug-likeness (QED) is 0.322. The highest BCUT2D eigenvalue weighted by molar-refractivity contribution is 5.81. The van der Waals surface area contributed by atoms with Crippen molar-refractivity contribution < 1.29 is 19.1 Å². The molecule has 1 aromatic rings. The molecule has 1 aromatic carbocycles. The summed E-state index contributed by atoms with van der Waals surface area (Å²) in [5, 5.41) is 0. The molecule has 0 radical (unpaired) electrons. The molecule has 1 rings (SSSR count). The molecule has 96 valence electrons. The van der Waals surface area contributed by atoms with Crippen molar-refractivity contribution in [3.8, 4) is 5.75 Å². The minimum absolute atomic E-state index is 0.356. The molecule has 0 saturated carbocycles. The average Bonchev–Trinajstić information content (AvgIpc) is 2.39. The van der Waals surface area contributed by atoms with Crippen LogP contribution >= 0.6 is 0 Å². The van der Waals surface area contributed by atoms with Gasteiger partial charge >= 0.3 is 5.97 Å². The number of carbonyl (C=O) groups excluding carboxylic acids is 2. The fourth-order valence-corrected chi connectivity index (χ4v) is 1.32. The second-order valence-corrected chi connectivity index (χ2v) is 3.45. The van der Waals surface area contributed by atoms with Gasteiger partial charge in [-0.2, -0.15) is 0 Å². The first-order chi connectivity index (χ1) is 8.77. The Morgan fingerprint density at radius 2 is 2.11 bits per heavy atom. The van der Waals surface area contributed by atoms with Gasteiger partial charge in [0.2, 0.25) is 0 Å². The van der Waals surface area contributed by atoms with E-state index in [4.69, 9.17) is 9.47 Å². The predicted octanol–water partition coefficient (Wildman–Crippen LogP) is 2.39. The molecule has 0 unspecified atom stereocenters. The maximum Gasteiger partial charge on any atom is 0.330 e.